The Morgan fingerprint density at radius 2 is 1.85 bits per heavy atom. The van der Waals surface area contributed by atoms with Gasteiger partial charge in [-0.2, -0.15) is 0 Å². The number of hydrogen-bond acceptors (Lipinski definition) is 3. The van der Waals surface area contributed by atoms with Gasteiger partial charge in [0.05, 0.1) is 4.92 Å². The number of nitro benzene ring substituents is 1. The highest BCUT2D eigenvalue weighted by Crippen LogP contribution is 2.21. The van der Waals surface area contributed by atoms with Crippen LogP contribution in [0.1, 0.15) is 51.0 Å². The maximum atomic E-state index is 10.8. The summed E-state index contributed by atoms with van der Waals surface area (Å²) in [6.07, 6.45) is 7.66. The van der Waals surface area contributed by atoms with E-state index in [0.717, 1.165) is 16.6 Å². The van der Waals surface area contributed by atoms with E-state index in [9.17, 15) is 10.1 Å². The van der Waals surface area contributed by atoms with Gasteiger partial charge in [-0.1, -0.05) is 55.0 Å². The molecule has 0 aliphatic carbocycles. The maximum absolute atomic E-state index is 10.8. The summed E-state index contributed by atoms with van der Waals surface area (Å²) in [7, 11) is 0. The number of nitrogens with one attached hydrogen (secondary N) is 1. The van der Waals surface area contributed by atoms with Gasteiger partial charge in [-0.05, 0) is 24.6 Å². The third kappa shape index (κ3) is 7.01. The minimum absolute atomic E-state index is 0.135. The molecule has 1 N–H and O–H groups in total. The second-order valence-corrected chi connectivity index (χ2v) is 5.94. The fourth-order valence-corrected chi connectivity index (χ4v) is 2.63. The van der Waals surface area contributed by atoms with Crippen LogP contribution < -0.4 is 5.32 Å². The van der Waals surface area contributed by atoms with Crippen LogP contribution in [0.25, 0.3) is 0 Å². The van der Waals surface area contributed by atoms with Crippen LogP contribution in [0.4, 0.5) is 5.69 Å². The second kappa shape index (κ2) is 9.88. The van der Waals surface area contributed by atoms with Crippen molar-refractivity contribution in [3.8, 4) is 0 Å². The quantitative estimate of drug-likeness (QED) is 0.377. The summed E-state index contributed by atoms with van der Waals surface area (Å²) in [5, 5.41) is 14.1. The van der Waals surface area contributed by atoms with Gasteiger partial charge >= 0.3 is 0 Å². The third-order valence-corrected chi connectivity index (χ3v) is 3.65. The third-order valence-electron chi connectivity index (χ3n) is 3.19. The molecule has 1 rings (SSSR count). The fraction of sp³-hybridized carbons (Fsp3) is 0.600. The Hall–Kier alpha value is -0.940. The van der Waals surface area contributed by atoms with Crippen LogP contribution in [-0.2, 0) is 6.54 Å². The normalized spacial score (nSPS) is 10.7. The van der Waals surface area contributed by atoms with Gasteiger partial charge in [0, 0.05) is 23.2 Å². The van der Waals surface area contributed by atoms with E-state index in [1.54, 1.807) is 6.07 Å². The van der Waals surface area contributed by atoms with E-state index < -0.39 is 0 Å². The molecule has 1 aromatic rings. The Morgan fingerprint density at radius 3 is 2.55 bits per heavy atom. The highest BCUT2D eigenvalue weighted by molar-refractivity contribution is 9.10. The summed E-state index contributed by atoms with van der Waals surface area (Å²) < 4.78 is 0.753. The van der Waals surface area contributed by atoms with Crippen molar-refractivity contribution in [3.63, 3.8) is 0 Å². The molecule has 0 bridgehead atoms. The predicted octanol–water partition coefficient (Wildman–Crippen LogP) is 4.81. The number of halogens is 1. The number of nitro groups is 1. The first kappa shape index (κ1) is 17.1. The Balaban J connectivity index is 2.23. The Labute approximate surface area is 129 Å². The molecule has 0 spiro atoms. The molecular formula is C15H23BrN2O2. The molecule has 112 valence electrons. The zero-order valence-corrected chi connectivity index (χ0v) is 13.6. The lowest BCUT2D eigenvalue weighted by Crippen LogP contribution is -2.14. The smallest absolute Gasteiger partial charge is 0.270 e. The number of rotatable bonds is 10. The van der Waals surface area contributed by atoms with E-state index in [0.29, 0.717) is 6.54 Å². The molecule has 0 atom stereocenters. The summed E-state index contributed by atoms with van der Waals surface area (Å²) in [5.41, 5.74) is 1.08. The van der Waals surface area contributed by atoms with Gasteiger partial charge in [0.1, 0.15) is 0 Å². The molecule has 4 nitrogen and oxygen atoms in total. The van der Waals surface area contributed by atoms with Crippen molar-refractivity contribution in [1.82, 2.24) is 5.32 Å². The van der Waals surface area contributed by atoms with E-state index in [-0.39, 0.29) is 10.6 Å². The van der Waals surface area contributed by atoms with Gasteiger partial charge in [0.2, 0.25) is 0 Å². The average Bonchev–Trinajstić information content (AvgIpc) is 2.41. The molecule has 0 saturated carbocycles. The molecular weight excluding hydrogens is 320 g/mol. The lowest BCUT2D eigenvalue weighted by Gasteiger charge is -2.06. The van der Waals surface area contributed by atoms with Crippen LogP contribution in [0.2, 0.25) is 0 Å². The zero-order valence-electron chi connectivity index (χ0n) is 12.0. The molecule has 20 heavy (non-hydrogen) atoms. The van der Waals surface area contributed by atoms with E-state index in [2.05, 4.69) is 28.2 Å². The van der Waals surface area contributed by atoms with Gasteiger partial charge in [-0.15, -0.1) is 0 Å². The first-order valence-corrected chi connectivity index (χ1v) is 8.07. The lowest BCUT2D eigenvalue weighted by atomic mass is 10.1. The summed E-state index contributed by atoms with van der Waals surface area (Å²) >= 11 is 3.31. The highest BCUT2D eigenvalue weighted by Gasteiger charge is 2.08. The van der Waals surface area contributed by atoms with E-state index in [1.807, 2.05) is 6.07 Å². The summed E-state index contributed by atoms with van der Waals surface area (Å²) in [4.78, 5) is 10.4. The number of non-ortho nitro benzene ring substituents is 1. The second-order valence-electron chi connectivity index (χ2n) is 5.02. The molecule has 0 unspecified atom stereocenters. The minimum Gasteiger partial charge on any atom is -0.313 e. The fourth-order valence-electron chi connectivity index (χ4n) is 2.10. The van der Waals surface area contributed by atoms with Crippen molar-refractivity contribution in [1.29, 1.82) is 0 Å². The average molecular weight is 343 g/mol. The van der Waals surface area contributed by atoms with Crippen molar-refractivity contribution in [2.45, 2.75) is 52.0 Å². The largest absolute Gasteiger partial charge is 0.313 e. The van der Waals surface area contributed by atoms with Gasteiger partial charge in [-0.25, -0.2) is 0 Å². The molecule has 1 aromatic carbocycles. The minimum atomic E-state index is -0.359. The monoisotopic (exact) mass is 342 g/mol. The topological polar surface area (TPSA) is 55.2 Å². The SMILES string of the molecule is CCCCCCCCNCc1cc(Br)cc([N+](=O)[O-])c1. The van der Waals surface area contributed by atoms with E-state index in [1.165, 1.54) is 44.6 Å². The molecule has 0 radical (unpaired) electrons. The number of unbranched alkanes of at least 4 members (excludes halogenated alkanes) is 5. The first-order valence-electron chi connectivity index (χ1n) is 7.28. The molecule has 0 fully saturated rings. The first-order chi connectivity index (χ1) is 9.63. The van der Waals surface area contributed by atoms with Crippen LogP contribution >= 0.6 is 15.9 Å². The molecule has 0 heterocycles. The van der Waals surface area contributed by atoms with Crippen molar-refractivity contribution in [2.24, 2.45) is 0 Å². The highest BCUT2D eigenvalue weighted by atomic mass is 79.9. The molecule has 5 heteroatoms. The lowest BCUT2D eigenvalue weighted by molar-refractivity contribution is -0.385. The van der Waals surface area contributed by atoms with Gasteiger partial charge < -0.3 is 5.32 Å². The number of benzene rings is 1. The predicted molar refractivity (Wildman–Crippen MR) is 85.9 cm³/mol. The molecule has 0 amide bonds. The number of hydrogen-bond donors (Lipinski definition) is 1. The van der Waals surface area contributed by atoms with Crippen LogP contribution in [0, 0.1) is 10.1 Å². The molecule has 0 aliphatic rings. The molecule has 0 saturated heterocycles. The van der Waals surface area contributed by atoms with E-state index >= 15 is 0 Å². The van der Waals surface area contributed by atoms with Crippen LogP contribution in [-0.4, -0.2) is 11.5 Å². The molecule has 0 aliphatic heterocycles. The Kier molecular flexibility index (Phi) is 8.46. The van der Waals surface area contributed by atoms with Crippen molar-refractivity contribution < 1.29 is 4.92 Å². The van der Waals surface area contributed by atoms with Crippen LogP contribution in [0.3, 0.4) is 0 Å². The van der Waals surface area contributed by atoms with Crippen LogP contribution in [0.15, 0.2) is 22.7 Å². The van der Waals surface area contributed by atoms with Gasteiger partial charge in [0.15, 0.2) is 0 Å². The molecule has 0 aromatic heterocycles. The van der Waals surface area contributed by atoms with Crippen molar-refractivity contribution >= 4 is 21.6 Å². The van der Waals surface area contributed by atoms with Crippen molar-refractivity contribution in [2.75, 3.05) is 6.54 Å². The standard InChI is InChI=1S/C15H23BrN2O2/c1-2-3-4-5-6-7-8-17-12-13-9-14(16)11-15(10-13)18(19)20/h9-11,17H,2-8,12H2,1H3. The zero-order chi connectivity index (χ0) is 14.8. The Bertz CT molecular complexity index is 424. The number of nitrogens with zero attached hydrogens (tertiary/aromatic N) is 1. The van der Waals surface area contributed by atoms with Crippen LogP contribution in [0.5, 0.6) is 0 Å². The van der Waals surface area contributed by atoms with Gasteiger partial charge in [-0.3, -0.25) is 10.1 Å². The summed E-state index contributed by atoms with van der Waals surface area (Å²) in [6.45, 7) is 3.86. The Morgan fingerprint density at radius 1 is 1.15 bits per heavy atom. The summed E-state index contributed by atoms with van der Waals surface area (Å²) in [5.74, 6) is 0. The maximum Gasteiger partial charge on any atom is 0.270 e. The van der Waals surface area contributed by atoms with E-state index in [4.69, 9.17) is 0 Å². The van der Waals surface area contributed by atoms with Gasteiger partial charge in [0.25, 0.3) is 5.69 Å². The van der Waals surface area contributed by atoms with Crippen molar-refractivity contribution in [3.05, 3.63) is 38.3 Å². The summed E-state index contributed by atoms with van der Waals surface area (Å²) in [6, 6.07) is 5.07.